The van der Waals surface area contributed by atoms with Crippen molar-refractivity contribution in [2.24, 2.45) is 0 Å². The molecule has 0 bridgehead atoms. The van der Waals surface area contributed by atoms with Crippen LogP contribution in [-0.2, 0) is 4.79 Å². The maximum atomic E-state index is 12.0. The number of para-hydroxylation sites is 1. The molecule has 0 atom stereocenters. The van der Waals surface area contributed by atoms with Crippen LogP contribution in [0.15, 0.2) is 18.2 Å². The molecule has 2 N–H and O–H groups in total. The van der Waals surface area contributed by atoms with Crippen molar-refractivity contribution in [3.8, 4) is 5.75 Å². The summed E-state index contributed by atoms with van der Waals surface area (Å²) in [5.74, 6) is -1.57. The van der Waals surface area contributed by atoms with E-state index in [0.29, 0.717) is 0 Å². The molecule has 0 radical (unpaired) electrons. The van der Waals surface area contributed by atoms with Gasteiger partial charge in [0.05, 0.1) is 17.1 Å². The van der Waals surface area contributed by atoms with Crippen molar-refractivity contribution in [2.75, 3.05) is 13.2 Å². The predicted molar refractivity (Wildman–Crippen MR) is 73.5 cm³/mol. The van der Waals surface area contributed by atoms with Crippen LogP contribution < -0.4 is 10.1 Å². The molecule has 8 nitrogen and oxygen atoms in total. The monoisotopic (exact) mass is 296 g/mol. The summed E-state index contributed by atoms with van der Waals surface area (Å²) in [5, 5.41) is 21.9. The van der Waals surface area contributed by atoms with Crippen molar-refractivity contribution in [1.29, 1.82) is 0 Å². The Morgan fingerprint density at radius 2 is 2.14 bits per heavy atom. The zero-order valence-corrected chi connectivity index (χ0v) is 11.5. The molecule has 1 aromatic rings. The van der Waals surface area contributed by atoms with Gasteiger partial charge in [0.2, 0.25) is 5.75 Å². The molecule has 1 rings (SSSR count). The van der Waals surface area contributed by atoms with E-state index in [-0.39, 0.29) is 43.0 Å². The van der Waals surface area contributed by atoms with Crippen molar-refractivity contribution in [2.45, 2.75) is 19.8 Å². The number of hydrogen-bond acceptors (Lipinski definition) is 5. The number of carbonyl (C=O) groups is 2. The molecule has 114 valence electrons. The number of nitro groups is 1. The first-order valence-electron chi connectivity index (χ1n) is 6.37. The molecule has 0 saturated heterocycles. The van der Waals surface area contributed by atoms with Gasteiger partial charge in [0.15, 0.2) is 0 Å². The highest BCUT2D eigenvalue weighted by atomic mass is 16.6. The van der Waals surface area contributed by atoms with Gasteiger partial charge in [0.25, 0.3) is 5.91 Å². The van der Waals surface area contributed by atoms with Gasteiger partial charge in [-0.05, 0) is 19.4 Å². The molecular weight excluding hydrogens is 280 g/mol. The molecule has 0 heterocycles. The van der Waals surface area contributed by atoms with Gasteiger partial charge in [-0.25, -0.2) is 0 Å². The van der Waals surface area contributed by atoms with Gasteiger partial charge in [-0.1, -0.05) is 6.07 Å². The van der Waals surface area contributed by atoms with Gasteiger partial charge >= 0.3 is 11.7 Å². The second-order valence-electron chi connectivity index (χ2n) is 4.10. The fraction of sp³-hybridized carbons (Fsp3) is 0.385. The average Bonchev–Trinajstić information content (AvgIpc) is 2.43. The summed E-state index contributed by atoms with van der Waals surface area (Å²) in [6.07, 6.45) is 0.216. The van der Waals surface area contributed by atoms with Crippen molar-refractivity contribution >= 4 is 17.6 Å². The van der Waals surface area contributed by atoms with Crippen LogP contribution in [0.5, 0.6) is 5.75 Å². The molecule has 8 heteroatoms. The largest absolute Gasteiger partial charge is 0.487 e. The number of carbonyl (C=O) groups excluding carboxylic acids is 1. The lowest BCUT2D eigenvalue weighted by Gasteiger charge is -2.10. The number of nitro benzene ring substituents is 1. The third-order valence-corrected chi connectivity index (χ3v) is 2.58. The minimum absolute atomic E-state index is 0.0568. The Labute approximate surface area is 120 Å². The second kappa shape index (κ2) is 7.83. The Morgan fingerprint density at radius 1 is 1.43 bits per heavy atom. The molecular formula is C13H16N2O6. The van der Waals surface area contributed by atoms with Crippen LogP contribution in [-0.4, -0.2) is 35.1 Å². The predicted octanol–water partition coefficient (Wildman–Crippen LogP) is 1.59. The average molecular weight is 296 g/mol. The Kier molecular flexibility index (Phi) is 6.12. The molecule has 1 aromatic carbocycles. The number of rotatable bonds is 8. The molecule has 0 saturated carbocycles. The minimum Gasteiger partial charge on any atom is -0.487 e. The Balaban J connectivity index is 2.85. The molecule has 0 aliphatic rings. The minimum atomic E-state index is -0.949. The highest BCUT2D eigenvalue weighted by molar-refractivity contribution is 5.98. The summed E-state index contributed by atoms with van der Waals surface area (Å²) < 4.78 is 5.20. The smallest absolute Gasteiger partial charge is 0.311 e. The summed E-state index contributed by atoms with van der Waals surface area (Å²) in [7, 11) is 0. The van der Waals surface area contributed by atoms with E-state index in [1.807, 2.05) is 0 Å². The first-order chi connectivity index (χ1) is 9.97. The second-order valence-corrected chi connectivity index (χ2v) is 4.10. The number of benzene rings is 1. The van der Waals surface area contributed by atoms with Crippen LogP contribution in [0.25, 0.3) is 0 Å². The highest BCUT2D eigenvalue weighted by Crippen LogP contribution is 2.30. The van der Waals surface area contributed by atoms with Crippen molar-refractivity contribution in [3.05, 3.63) is 33.9 Å². The van der Waals surface area contributed by atoms with Crippen LogP contribution in [0.3, 0.4) is 0 Å². The normalized spacial score (nSPS) is 9.95. The van der Waals surface area contributed by atoms with E-state index in [1.54, 1.807) is 6.92 Å². The lowest BCUT2D eigenvalue weighted by Crippen LogP contribution is -2.25. The number of hydrogen-bond donors (Lipinski definition) is 2. The summed E-state index contributed by atoms with van der Waals surface area (Å²) in [4.78, 5) is 32.7. The maximum absolute atomic E-state index is 12.0. The number of nitrogens with zero attached hydrogens (tertiary/aromatic N) is 1. The summed E-state index contributed by atoms with van der Waals surface area (Å²) in [5.41, 5.74) is -0.226. The first-order valence-corrected chi connectivity index (χ1v) is 6.37. The molecule has 21 heavy (non-hydrogen) atoms. The molecule has 0 unspecified atom stereocenters. The maximum Gasteiger partial charge on any atom is 0.311 e. The molecule has 0 fully saturated rings. The van der Waals surface area contributed by atoms with E-state index < -0.39 is 16.8 Å². The number of amides is 1. The number of carboxylic acid groups (broad SMARTS) is 1. The van der Waals surface area contributed by atoms with Crippen molar-refractivity contribution < 1.29 is 24.4 Å². The van der Waals surface area contributed by atoms with Crippen LogP contribution in [0.1, 0.15) is 30.1 Å². The Hall–Kier alpha value is -2.64. The fourth-order valence-corrected chi connectivity index (χ4v) is 1.68. The van der Waals surface area contributed by atoms with Gasteiger partial charge in [-0.2, -0.15) is 0 Å². The molecule has 1 amide bonds. The zero-order chi connectivity index (χ0) is 15.8. The third kappa shape index (κ3) is 4.75. The third-order valence-electron chi connectivity index (χ3n) is 2.58. The number of carboxylic acids is 1. The Bertz CT molecular complexity index is 543. The Morgan fingerprint density at radius 3 is 2.71 bits per heavy atom. The van der Waals surface area contributed by atoms with Crippen LogP contribution in [0.2, 0.25) is 0 Å². The van der Waals surface area contributed by atoms with E-state index in [4.69, 9.17) is 9.84 Å². The van der Waals surface area contributed by atoms with Gasteiger partial charge < -0.3 is 15.2 Å². The molecule has 0 aromatic heterocycles. The van der Waals surface area contributed by atoms with E-state index in [2.05, 4.69) is 5.32 Å². The van der Waals surface area contributed by atoms with Gasteiger partial charge in [-0.15, -0.1) is 0 Å². The topological polar surface area (TPSA) is 119 Å². The van der Waals surface area contributed by atoms with E-state index >= 15 is 0 Å². The van der Waals surface area contributed by atoms with E-state index in [9.17, 15) is 19.7 Å². The van der Waals surface area contributed by atoms with Crippen molar-refractivity contribution in [1.82, 2.24) is 5.32 Å². The number of nitrogens with one attached hydrogen (secondary N) is 1. The van der Waals surface area contributed by atoms with Gasteiger partial charge in [0, 0.05) is 19.0 Å². The van der Waals surface area contributed by atoms with E-state index in [1.165, 1.54) is 18.2 Å². The lowest BCUT2D eigenvalue weighted by molar-refractivity contribution is -0.385. The number of aliphatic carboxylic acids is 1. The molecule has 0 aliphatic carbocycles. The van der Waals surface area contributed by atoms with E-state index in [0.717, 1.165) is 0 Å². The van der Waals surface area contributed by atoms with Crippen LogP contribution >= 0.6 is 0 Å². The summed E-state index contributed by atoms with van der Waals surface area (Å²) in [6.45, 7) is 2.01. The SMILES string of the molecule is CCOc1c(C(=O)NCCCC(=O)O)cccc1[N+](=O)[O-]. The van der Waals surface area contributed by atoms with Crippen LogP contribution in [0.4, 0.5) is 5.69 Å². The lowest BCUT2D eigenvalue weighted by atomic mass is 10.1. The molecule has 0 aliphatic heterocycles. The zero-order valence-electron chi connectivity index (χ0n) is 11.5. The quantitative estimate of drug-likeness (QED) is 0.427. The fourth-order valence-electron chi connectivity index (χ4n) is 1.68. The first kappa shape index (κ1) is 16.4. The molecule has 0 spiro atoms. The number of ether oxygens (including phenoxy) is 1. The van der Waals surface area contributed by atoms with Crippen molar-refractivity contribution in [3.63, 3.8) is 0 Å². The standard InChI is InChI=1S/C13H16N2O6/c1-2-21-12-9(5-3-6-10(12)15(19)20)13(18)14-8-4-7-11(16)17/h3,5-6H,2,4,7-8H2,1H3,(H,14,18)(H,16,17). The van der Waals surface area contributed by atoms with Crippen LogP contribution in [0, 0.1) is 10.1 Å². The van der Waals surface area contributed by atoms with Gasteiger partial charge in [0.1, 0.15) is 0 Å². The summed E-state index contributed by atoms with van der Waals surface area (Å²) in [6, 6.07) is 4.07. The summed E-state index contributed by atoms with van der Waals surface area (Å²) >= 11 is 0. The van der Waals surface area contributed by atoms with Gasteiger partial charge in [-0.3, -0.25) is 19.7 Å². The highest BCUT2D eigenvalue weighted by Gasteiger charge is 2.22.